The van der Waals surface area contributed by atoms with Gasteiger partial charge in [-0.2, -0.15) is 0 Å². The van der Waals surface area contributed by atoms with Crippen LogP contribution in [0.3, 0.4) is 0 Å². The molecule has 0 aromatic carbocycles. The van der Waals surface area contributed by atoms with E-state index in [0.717, 1.165) is 12.8 Å². The lowest BCUT2D eigenvalue weighted by atomic mass is 10.2. The second-order valence-corrected chi connectivity index (χ2v) is 4.76. The average Bonchev–Trinajstić information content (AvgIpc) is 2.49. The monoisotopic (exact) mass is 219 g/mol. The number of nitrogens with zero attached hydrogens (tertiary/aromatic N) is 1. The Morgan fingerprint density at radius 2 is 2.29 bits per heavy atom. The summed E-state index contributed by atoms with van der Waals surface area (Å²) >= 11 is 5.82. The minimum atomic E-state index is -0.245. The van der Waals surface area contributed by atoms with Gasteiger partial charge in [0, 0.05) is 19.0 Å². The number of hydrogen-bond acceptors (Lipinski definition) is 2. The van der Waals surface area contributed by atoms with Crippen LogP contribution in [0.1, 0.15) is 26.7 Å². The Hall–Kier alpha value is -0.280. The number of alkyl halides is 1. The van der Waals surface area contributed by atoms with Gasteiger partial charge in [-0.05, 0) is 26.7 Å². The predicted octanol–water partition coefficient (Wildman–Crippen LogP) is 1.64. The lowest BCUT2D eigenvalue weighted by Gasteiger charge is -2.21. The summed E-state index contributed by atoms with van der Waals surface area (Å²) in [5.74, 6) is 0.0573. The second kappa shape index (κ2) is 4.99. The molecule has 3 unspecified atom stereocenters. The highest BCUT2D eigenvalue weighted by atomic mass is 35.5. The lowest BCUT2D eigenvalue weighted by Crippen LogP contribution is -2.39. The minimum Gasteiger partial charge on any atom is -0.365 e. The predicted molar refractivity (Wildman–Crippen MR) is 56.5 cm³/mol. The molecule has 1 amide bonds. The highest BCUT2D eigenvalue weighted by Crippen LogP contribution is 2.20. The van der Waals surface area contributed by atoms with Crippen LogP contribution in [-0.2, 0) is 9.53 Å². The standard InChI is InChI=1S/C10H18ClNO2/c1-7(11)6-12(3)10(13)9-5-4-8(2)14-9/h7-9H,4-6H2,1-3H3. The maximum Gasteiger partial charge on any atom is 0.251 e. The Bertz CT molecular complexity index is 208. The van der Waals surface area contributed by atoms with E-state index in [1.807, 2.05) is 13.8 Å². The molecule has 0 aromatic heterocycles. The summed E-state index contributed by atoms with van der Waals surface area (Å²) < 4.78 is 5.49. The largest absolute Gasteiger partial charge is 0.365 e. The molecule has 3 nitrogen and oxygen atoms in total. The summed E-state index contributed by atoms with van der Waals surface area (Å²) in [6, 6.07) is 0. The van der Waals surface area contributed by atoms with Crippen molar-refractivity contribution < 1.29 is 9.53 Å². The van der Waals surface area contributed by atoms with E-state index in [1.54, 1.807) is 11.9 Å². The lowest BCUT2D eigenvalue weighted by molar-refractivity contribution is -0.141. The molecule has 0 N–H and O–H groups in total. The number of carbonyl (C=O) groups is 1. The molecular formula is C10H18ClNO2. The SMILES string of the molecule is CC(Cl)CN(C)C(=O)C1CCC(C)O1. The number of rotatable bonds is 3. The van der Waals surface area contributed by atoms with Crippen molar-refractivity contribution in [2.24, 2.45) is 0 Å². The third kappa shape index (κ3) is 3.14. The summed E-state index contributed by atoms with van der Waals surface area (Å²) in [5.41, 5.74) is 0. The van der Waals surface area contributed by atoms with Crippen molar-refractivity contribution in [1.29, 1.82) is 0 Å². The molecular weight excluding hydrogens is 202 g/mol. The van der Waals surface area contributed by atoms with Gasteiger partial charge in [0.25, 0.3) is 5.91 Å². The second-order valence-electron chi connectivity index (χ2n) is 4.01. The van der Waals surface area contributed by atoms with Gasteiger partial charge >= 0.3 is 0 Å². The zero-order valence-electron chi connectivity index (χ0n) is 9.00. The minimum absolute atomic E-state index is 0.0113. The third-order valence-corrected chi connectivity index (χ3v) is 2.55. The first-order valence-corrected chi connectivity index (χ1v) is 5.49. The number of ether oxygens (including phenoxy) is 1. The van der Waals surface area contributed by atoms with Crippen LogP contribution in [0.4, 0.5) is 0 Å². The quantitative estimate of drug-likeness (QED) is 0.676. The van der Waals surface area contributed by atoms with Gasteiger partial charge in [0.1, 0.15) is 6.10 Å². The average molecular weight is 220 g/mol. The fourth-order valence-corrected chi connectivity index (χ4v) is 1.90. The molecule has 0 aromatic rings. The van der Waals surface area contributed by atoms with Gasteiger partial charge in [0.2, 0.25) is 0 Å². The topological polar surface area (TPSA) is 29.5 Å². The van der Waals surface area contributed by atoms with E-state index in [4.69, 9.17) is 16.3 Å². The Morgan fingerprint density at radius 1 is 1.64 bits per heavy atom. The van der Waals surface area contributed by atoms with Gasteiger partial charge in [-0.25, -0.2) is 0 Å². The van der Waals surface area contributed by atoms with E-state index in [2.05, 4.69) is 0 Å². The van der Waals surface area contributed by atoms with Crippen molar-refractivity contribution in [2.45, 2.75) is 44.3 Å². The summed E-state index contributed by atoms with van der Waals surface area (Å²) in [6.45, 7) is 4.45. The van der Waals surface area contributed by atoms with E-state index in [0.29, 0.717) is 6.54 Å². The Labute approximate surface area is 90.4 Å². The number of carbonyl (C=O) groups excluding carboxylic acids is 1. The van der Waals surface area contributed by atoms with Gasteiger partial charge in [-0.3, -0.25) is 4.79 Å². The maximum absolute atomic E-state index is 11.8. The van der Waals surface area contributed by atoms with E-state index in [9.17, 15) is 4.79 Å². The van der Waals surface area contributed by atoms with Crippen LogP contribution in [0.5, 0.6) is 0 Å². The summed E-state index contributed by atoms with van der Waals surface area (Å²) in [6.07, 6.45) is 1.78. The van der Waals surface area contributed by atoms with Crippen LogP contribution in [0.25, 0.3) is 0 Å². The van der Waals surface area contributed by atoms with Gasteiger partial charge in [-0.15, -0.1) is 11.6 Å². The first kappa shape index (κ1) is 11.8. The number of halogens is 1. The number of amides is 1. The van der Waals surface area contributed by atoms with Gasteiger partial charge in [-0.1, -0.05) is 0 Å². The molecule has 82 valence electrons. The molecule has 3 atom stereocenters. The Morgan fingerprint density at radius 3 is 2.71 bits per heavy atom. The summed E-state index contributed by atoms with van der Waals surface area (Å²) in [4.78, 5) is 13.4. The summed E-state index contributed by atoms with van der Waals surface area (Å²) in [5, 5.41) is -0.0113. The molecule has 14 heavy (non-hydrogen) atoms. The van der Waals surface area contributed by atoms with E-state index in [-0.39, 0.29) is 23.5 Å². The molecule has 1 rings (SSSR count). The highest BCUT2D eigenvalue weighted by molar-refractivity contribution is 6.20. The van der Waals surface area contributed by atoms with E-state index in [1.165, 1.54) is 0 Å². The van der Waals surface area contributed by atoms with Crippen LogP contribution in [0.2, 0.25) is 0 Å². The molecule has 0 saturated carbocycles. The molecule has 0 aliphatic carbocycles. The summed E-state index contributed by atoms with van der Waals surface area (Å²) in [7, 11) is 1.77. The van der Waals surface area contributed by atoms with Crippen LogP contribution in [0, 0.1) is 0 Å². The van der Waals surface area contributed by atoms with Crippen LogP contribution in [-0.4, -0.2) is 42.0 Å². The number of likely N-dealkylation sites (N-methyl/N-ethyl adjacent to an activating group) is 1. The first-order chi connectivity index (χ1) is 6.50. The highest BCUT2D eigenvalue weighted by Gasteiger charge is 2.30. The van der Waals surface area contributed by atoms with Crippen LogP contribution < -0.4 is 0 Å². The molecule has 0 bridgehead atoms. The van der Waals surface area contributed by atoms with Crippen molar-refractivity contribution in [3.8, 4) is 0 Å². The molecule has 1 heterocycles. The van der Waals surface area contributed by atoms with E-state index < -0.39 is 0 Å². The Kier molecular flexibility index (Phi) is 4.20. The Balaban J connectivity index is 2.40. The van der Waals surface area contributed by atoms with Crippen molar-refractivity contribution in [3.05, 3.63) is 0 Å². The van der Waals surface area contributed by atoms with Crippen LogP contribution in [0.15, 0.2) is 0 Å². The fraction of sp³-hybridized carbons (Fsp3) is 0.900. The molecule has 1 aliphatic heterocycles. The number of hydrogen-bond donors (Lipinski definition) is 0. The molecule has 4 heteroatoms. The van der Waals surface area contributed by atoms with Gasteiger partial charge in [0.15, 0.2) is 0 Å². The van der Waals surface area contributed by atoms with Crippen molar-refractivity contribution >= 4 is 17.5 Å². The maximum atomic E-state index is 11.8. The van der Waals surface area contributed by atoms with Gasteiger partial charge < -0.3 is 9.64 Å². The van der Waals surface area contributed by atoms with Crippen LogP contribution >= 0.6 is 11.6 Å². The molecule has 0 spiro atoms. The van der Waals surface area contributed by atoms with E-state index >= 15 is 0 Å². The van der Waals surface area contributed by atoms with Crippen molar-refractivity contribution in [1.82, 2.24) is 4.90 Å². The zero-order chi connectivity index (χ0) is 10.7. The van der Waals surface area contributed by atoms with Crippen molar-refractivity contribution in [3.63, 3.8) is 0 Å². The smallest absolute Gasteiger partial charge is 0.251 e. The molecule has 0 radical (unpaired) electrons. The molecule has 1 fully saturated rings. The molecule has 1 aliphatic rings. The van der Waals surface area contributed by atoms with Gasteiger partial charge in [0.05, 0.1) is 6.10 Å². The fourth-order valence-electron chi connectivity index (χ4n) is 1.70. The normalized spacial score (nSPS) is 28.9. The first-order valence-electron chi connectivity index (χ1n) is 5.05. The van der Waals surface area contributed by atoms with Crippen molar-refractivity contribution in [2.75, 3.05) is 13.6 Å². The molecule has 1 saturated heterocycles. The zero-order valence-corrected chi connectivity index (χ0v) is 9.75. The third-order valence-electron chi connectivity index (χ3n) is 2.41.